The largest absolute Gasteiger partial charge is 0.496 e. The maximum Gasteiger partial charge on any atom is 0.203 e. The van der Waals surface area contributed by atoms with Crippen molar-refractivity contribution in [1.29, 1.82) is 0 Å². The molecule has 29 heavy (non-hydrogen) atoms. The zero-order chi connectivity index (χ0) is 20.8. The van der Waals surface area contributed by atoms with E-state index in [4.69, 9.17) is 18.9 Å². The molecule has 1 saturated heterocycles. The minimum absolute atomic E-state index is 0.669. The van der Waals surface area contributed by atoms with Crippen molar-refractivity contribution in [2.45, 2.75) is 20.0 Å². The predicted molar refractivity (Wildman–Crippen MR) is 113 cm³/mol. The Morgan fingerprint density at radius 1 is 0.655 bits per heavy atom. The molecule has 1 aliphatic heterocycles. The molecule has 0 aliphatic carbocycles. The first-order chi connectivity index (χ1) is 14.1. The van der Waals surface area contributed by atoms with Gasteiger partial charge >= 0.3 is 0 Å². The van der Waals surface area contributed by atoms with E-state index in [-0.39, 0.29) is 0 Å². The lowest BCUT2D eigenvalue weighted by Crippen LogP contribution is -3.27. The third-order valence-corrected chi connectivity index (χ3v) is 5.77. The number of quaternary nitrogens is 2. The molecule has 0 aromatic heterocycles. The van der Waals surface area contributed by atoms with Crippen LogP contribution in [0.5, 0.6) is 23.0 Å². The Morgan fingerprint density at radius 3 is 1.76 bits per heavy atom. The monoisotopic (exact) mass is 402 g/mol. The molecule has 158 valence electrons. The number of benzene rings is 2. The van der Waals surface area contributed by atoms with Crippen LogP contribution in [0, 0.1) is 6.92 Å². The van der Waals surface area contributed by atoms with Crippen LogP contribution in [0.3, 0.4) is 0 Å². The van der Waals surface area contributed by atoms with Gasteiger partial charge in [-0.25, -0.2) is 0 Å². The van der Waals surface area contributed by atoms with Gasteiger partial charge in [-0.2, -0.15) is 0 Å². The molecule has 0 unspecified atom stereocenters. The highest BCUT2D eigenvalue weighted by Crippen LogP contribution is 2.39. The molecule has 6 nitrogen and oxygen atoms in total. The van der Waals surface area contributed by atoms with E-state index in [2.05, 4.69) is 31.2 Å². The molecule has 6 heteroatoms. The molecule has 0 bridgehead atoms. The Labute approximate surface area is 173 Å². The lowest BCUT2D eigenvalue weighted by Gasteiger charge is -2.30. The molecule has 0 spiro atoms. The van der Waals surface area contributed by atoms with E-state index in [9.17, 15) is 0 Å². The van der Waals surface area contributed by atoms with E-state index in [1.165, 1.54) is 11.1 Å². The third kappa shape index (κ3) is 4.95. The first kappa shape index (κ1) is 21.3. The summed E-state index contributed by atoms with van der Waals surface area (Å²) in [5.74, 6) is 3.14. The van der Waals surface area contributed by atoms with Crippen LogP contribution in [0.1, 0.15) is 16.7 Å². The Hall–Kier alpha value is -2.44. The second-order valence-electron chi connectivity index (χ2n) is 7.66. The average Bonchev–Trinajstić information content (AvgIpc) is 2.74. The Balaban J connectivity index is 1.63. The van der Waals surface area contributed by atoms with Gasteiger partial charge in [-0.1, -0.05) is 11.6 Å². The van der Waals surface area contributed by atoms with E-state index in [1.807, 2.05) is 6.07 Å². The summed E-state index contributed by atoms with van der Waals surface area (Å²) >= 11 is 0. The number of ether oxygens (including phenoxy) is 4. The molecule has 1 aliphatic rings. The molecule has 0 amide bonds. The summed E-state index contributed by atoms with van der Waals surface area (Å²) in [7, 11) is 6.74. The maximum absolute atomic E-state index is 5.65. The highest BCUT2D eigenvalue weighted by molar-refractivity contribution is 5.55. The summed E-state index contributed by atoms with van der Waals surface area (Å²) in [5.41, 5.74) is 3.74. The van der Waals surface area contributed by atoms with Crippen LogP contribution in [0.4, 0.5) is 0 Å². The van der Waals surface area contributed by atoms with Crippen molar-refractivity contribution in [3.63, 3.8) is 0 Å². The SMILES string of the molecule is COc1ccc(C)cc1C[NH+]1CC[NH+](Cc2ccc(OC)c(OC)c2OC)CC1. The van der Waals surface area contributed by atoms with Gasteiger partial charge in [-0.15, -0.1) is 0 Å². The molecule has 0 saturated carbocycles. The quantitative estimate of drug-likeness (QED) is 0.676. The van der Waals surface area contributed by atoms with E-state index in [0.717, 1.165) is 56.3 Å². The normalized spacial score (nSPS) is 18.9. The molecule has 1 heterocycles. The van der Waals surface area contributed by atoms with Gasteiger partial charge in [0, 0.05) is 5.56 Å². The van der Waals surface area contributed by atoms with Crippen molar-refractivity contribution < 1.29 is 28.7 Å². The van der Waals surface area contributed by atoms with E-state index < -0.39 is 0 Å². The number of nitrogens with one attached hydrogen (secondary N) is 2. The summed E-state index contributed by atoms with van der Waals surface area (Å²) in [6, 6.07) is 10.5. The third-order valence-electron chi connectivity index (χ3n) is 5.77. The van der Waals surface area contributed by atoms with E-state index in [1.54, 1.807) is 38.2 Å². The first-order valence-electron chi connectivity index (χ1n) is 10.2. The maximum atomic E-state index is 5.65. The number of methoxy groups -OCH3 is 4. The van der Waals surface area contributed by atoms with Crippen molar-refractivity contribution in [3.8, 4) is 23.0 Å². The molecule has 0 radical (unpaired) electrons. The predicted octanol–water partition coefficient (Wildman–Crippen LogP) is 0.513. The van der Waals surface area contributed by atoms with Crippen LogP contribution >= 0.6 is 0 Å². The van der Waals surface area contributed by atoms with Crippen LogP contribution in [0.25, 0.3) is 0 Å². The summed E-state index contributed by atoms with van der Waals surface area (Å²) in [6.07, 6.45) is 0. The molecule has 1 fully saturated rings. The lowest BCUT2D eigenvalue weighted by atomic mass is 10.1. The van der Waals surface area contributed by atoms with Crippen molar-refractivity contribution >= 4 is 0 Å². The number of aryl methyl sites for hydroxylation is 1. The van der Waals surface area contributed by atoms with E-state index >= 15 is 0 Å². The standard InChI is InChI=1S/C23H32N2O4/c1-17-6-8-20(26-2)19(14-17)16-25-12-10-24(11-13-25)15-18-7-9-21(27-3)23(29-5)22(18)28-4/h6-9,14H,10-13,15-16H2,1-5H3/p+2. The van der Waals surface area contributed by atoms with Crippen molar-refractivity contribution in [1.82, 2.24) is 0 Å². The van der Waals surface area contributed by atoms with Gasteiger partial charge in [-0.05, 0) is 31.2 Å². The number of piperazine rings is 1. The van der Waals surface area contributed by atoms with Crippen molar-refractivity contribution in [3.05, 3.63) is 47.0 Å². The van der Waals surface area contributed by atoms with Gasteiger partial charge in [-0.3, -0.25) is 0 Å². The molecule has 2 N–H and O–H groups in total. The second-order valence-corrected chi connectivity index (χ2v) is 7.66. The first-order valence-corrected chi connectivity index (χ1v) is 10.2. The Kier molecular flexibility index (Phi) is 7.23. The van der Waals surface area contributed by atoms with Crippen LogP contribution in [0.15, 0.2) is 30.3 Å². The van der Waals surface area contributed by atoms with Crippen molar-refractivity contribution in [2.24, 2.45) is 0 Å². The van der Waals surface area contributed by atoms with Crippen molar-refractivity contribution in [2.75, 3.05) is 54.6 Å². The number of hydrogen-bond donors (Lipinski definition) is 2. The van der Waals surface area contributed by atoms with Gasteiger partial charge in [0.1, 0.15) is 45.0 Å². The topological polar surface area (TPSA) is 45.8 Å². The van der Waals surface area contributed by atoms with Crippen LogP contribution < -0.4 is 28.7 Å². The highest BCUT2D eigenvalue weighted by atomic mass is 16.5. The number of hydrogen-bond acceptors (Lipinski definition) is 4. The molecule has 2 aromatic rings. The van der Waals surface area contributed by atoms with E-state index in [0.29, 0.717) is 11.5 Å². The molecular weight excluding hydrogens is 368 g/mol. The fourth-order valence-electron chi connectivity index (χ4n) is 4.20. The highest BCUT2D eigenvalue weighted by Gasteiger charge is 2.26. The molecule has 0 atom stereocenters. The summed E-state index contributed by atoms with van der Waals surface area (Å²) in [6.45, 7) is 8.60. The fourth-order valence-corrected chi connectivity index (χ4v) is 4.20. The minimum atomic E-state index is 0.669. The lowest BCUT2D eigenvalue weighted by molar-refractivity contribution is -1.02. The van der Waals surface area contributed by atoms with Gasteiger partial charge < -0.3 is 28.7 Å². The fraction of sp³-hybridized carbons (Fsp3) is 0.478. The second kappa shape index (κ2) is 9.85. The van der Waals surface area contributed by atoms with Gasteiger partial charge in [0.05, 0.1) is 34.0 Å². The summed E-state index contributed by atoms with van der Waals surface area (Å²) < 4.78 is 22.1. The van der Waals surface area contributed by atoms with Crippen LogP contribution in [-0.4, -0.2) is 54.6 Å². The molecule has 3 rings (SSSR count). The van der Waals surface area contributed by atoms with Gasteiger partial charge in [0.15, 0.2) is 11.5 Å². The summed E-state index contributed by atoms with van der Waals surface area (Å²) in [4.78, 5) is 3.17. The average molecular weight is 403 g/mol. The molecular formula is C23H34N2O4+2. The zero-order valence-corrected chi connectivity index (χ0v) is 18.3. The summed E-state index contributed by atoms with van der Waals surface area (Å²) in [5, 5.41) is 0. The zero-order valence-electron chi connectivity index (χ0n) is 18.3. The smallest absolute Gasteiger partial charge is 0.203 e. The van der Waals surface area contributed by atoms with Crippen LogP contribution in [-0.2, 0) is 13.1 Å². The number of rotatable bonds is 8. The van der Waals surface area contributed by atoms with Gasteiger partial charge in [0.2, 0.25) is 5.75 Å². The molecule has 2 aromatic carbocycles. The Bertz CT molecular complexity index is 817. The minimum Gasteiger partial charge on any atom is -0.496 e. The van der Waals surface area contributed by atoms with Crippen LogP contribution in [0.2, 0.25) is 0 Å². The van der Waals surface area contributed by atoms with Gasteiger partial charge in [0.25, 0.3) is 0 Å². The Morgan fingerprint density at radius 2 is 1.21 bits per heavy atom.